The van der Waals surface area contributed by atoms with Gasteiger partial charge < -0.3 is 15.2 Å². The van der Waals surface area contributed by atoms with Gasteiger partial charge in [0.1, 0.15) is 6.61 Å². The van der Waals surface area contributed by atoms with Crippen LogP contribution in [-0.4, -0.2) is 29.8 Å². The lowest BCUT2D eigenvalue weighted by molar-refractivity contribution is -0.385. The number of nitrogens with zero attached hydrogens (tertiary/aromatic N) is 1. The molecule has 1 aromatic carbocycles. The van der Waals surface area contributed by atoms with Gasteiger partial charge in [-0.3, -0.25) is 10.1 Å². The van der Waals surface area contributed by atoms with Gasteiger partial charge in [0.05, 0.1) is 11.5 Å². The van der Waals surface area contributed by atoms with E-state index in [1.54, 1.807) is 12.1 Å². The van der Waals surface area contributed by atoms with Crippen molar-refractivity contribution in [3.05, 3.63) is 33.9 Å². The van der Waals surface area contributed by atoms with Gasteiger partial charge in [-0.25, -0.2) is 0 Å². The Labute approximate surface area is 99.4 Å². The van der Waals surface area contributed by atoms with E-state index >= 15 is 0 Å². The molecule has 6 heteroatoms. The molecule has 1 rings (SSSR count). The second-order valence-electron chi connectivity index (χ2n) is 3.41. The van der Waals surface area contributed by atoms with Gasteiger partial charge in [0.25, 0.3) is 0 Å². The molecule has 0 aliphatic heterocycles. The van der Waals surface area contributed by atoms with Crippen molar-refractivity contribution in [3.8, 4) is 5.75 Å². The second-order valence-corrected chi connectivity index (χ2v) is 3.41. The summed E-state index contributed by atoms with van der Waals surface area (Å²) in [4.78, 5) is 10.3. The number of hydrogen-bond acceptors (Lipinski definition) is 5. The van der Waals surface area contributed by atoms with Gasteiger partial charge in [0, 0.05) is 12.6 Å². The molecule has 0 atom stereocenters. The molecule has 0 bridgehead atoms. The number of rotatable bonds is 7. The first-order chi connectivity index (χ1) is 8.19. The third-order valence-electron chi connectivity index (χ3n) is 2.15. The molecule has 6 nitrogen and oxygen atoms in total. The number of nitrogens with one attached hydrogen (secondary N) is 1. The quantitative estimate of drug-likeness (QED) is 0.550. The summed E-state index contributed by atoms with van der Waals surface area (Å²) in [6.45, 7) is 3.31. The smallest absolute Gasteiger partial charge is 0.310 e. The Balaban J connectivity index is 2.88. The van der Waals surface area contributed by atoms with E-state index in [4.69, 9.17) is 9.84 Å². The molecule has 0 fully saturated rings. The SMILES string of the molecule is CCNCc1ccc([N+](=O)[O-])c(OCCO)c1. The molecule has 0 aliphatic rings. The molecule has 0 spiro atoms. The summed E-state index contributed by atoms with van der Waals surface area (Å²) >= 11 is 0. The molecule has 94 valence electrons. The van der Waals surface area contributed by atoms with Gasteiger partial charge in [-0.15, -0.1) is 0 Å². The fourth-order valence-corrected chi connectivity index (χ4v) is 1.36. The lowest BCUT2D eigenvalue weighted by Gasteiger charge is -2.08. The summed E-state index contributed by atoms with van der Waals surface area (Å²) in [6.07, 6.45) is 0. The van der Waals surface area contributed by atoms with Crippen molar-refractivity contribution in [2.45, 2.75) is 13.5 Å². The predicted molar refractivity (Wildman–Crippen MR) is 63.1 cm³/mol. The third-order valence-corrected chi connectivity index (χ3v) is 2.15. The zero-order valence-corrected chi connectivity index (χ0v) is 9.68. The van der Waals surface area contributed by atoms with Gasteiger partial charge >= 0.3 is 5.69 Å². The van der Waals surface area contributed by atoms with Crippen molar-refractivity contribution in [2.75, 3.05) is 19.8 Å². The van der Waals surface area contributed by atoms with Crippen LogP contribution in [0.1, 0.15) is 12.5 Å². The topological polar surface area (TPSA) is 84.6 Å². The van der Waals surface area contributed by atoms with Gasteiger partial charge in [-0.2, -0.15) is 0 Å². The van der Waals surface area contributed by atoms with Crippen molar-refractivity contribution in [2.24, 2.45) is 0 Å². The molecule has 0 saturated heterocycles. The number of ether oxygens (including phenoxy) is 1. The van der Waals surface area contributed by atoms with E-state index in [2.05, 4.69) is 5.32 Å². The van der Waals surface area contributed by atoms with E-state index in [0.717, 1.165) is 12.1 Å². The van der Waals surface area contributed by atoms with E-state index in [1.165, 1.54) is 6.07 Å². The van der Waals surface area contributed by atoms with E-state index in [0.29, 0.717) is 6.54 Å². The highest BCUT2D eigenvalue weighted by Crippen LogP contribution is 2.27. The Bertz CT molecular complexity index is 382. The normalized spacial score (nSPS) is 10.2. The van der Waals surface area contributed by atoms with Gasteiger partial charge in [-0.05, 0) is 18.2 Å². The van der Waals surface area contributed by atoms with Crippen molar-refractivity contribution in [3.63, 3.8) is 0 Å². The number of aliphatic hydroxyl groups excluding tert-OH is 1. The molecule has 0 saturated carbocycles. The molecule has 0 heterocycles. The van der Waals surface area contributed by atoms with Crippen LogP contribution in [0.3, 0.4) is 0 Å². The van der Waals surface area contributed by atoms with Crippen molar-refractivity contribution in [1.82, 2.24) is 5.32 Å². The Hall–Kier alpha value is -1.66. The average Bonchev–Trinajstić information content (AvgIpc) is 2.33. The van der Waals surface area contributed by atoms with Gasteiger partial charge in [0.2, 0.25) is 0 Å². The molecule has 0 aliphatic carbocycles. The predicted octanol–water partition coefficient (Wildman–Crippen LogP) is 1.08. The molecule has 17 heavy (non-hydrogen) atoms. The second kappa shape index (κ2) is 6.82. The van der Waals surface area contributed by atoms with E-state index in [9.17, 15) is 10.1 Å². The standard InChI is InChI=1S/C11H16N2O4/c1-2-12-8-9-3-4-10(13(15)16)11(7-9)17-6-5-14/h3-4,7,12,14H,2,5-6,8H2,1H3. The highest BCUT2D eigenvalue weighted by atomic mass is 16.6. The first kappa shape index (κ1) is 13.4. The maximum atomic E-state index is 10.8. The van der Waals surface area contributed by atoms with Crippen molar-refractivity contribution < 1.29 is 14.8 Å². The summed E-state index contributed by atoms with van der Waals surface area (Å²) < 4.78 is 5.15. The highest BCUT2D eigenvalue weighted by Gasteiger charge is 2.15. The molecular formula is C11H16N2O4. The molecule has 0 unspecified atom stereocenters. The maximum absolute atomic E-state index is 10.8. The molecule has 1 aromatic rings. The van der Waals surface area contributed by atoms with Crippen molar-refractivity contribution >= 4 is 5.69 Å². The molecule has 0 aromatic heterocycles. The largest absolute Gasteiger partial charge is 0.484 e. The first-order valence-corrected chi connectivity index (χ1v) is 5.40. The zero-order chi connectivity index (χ0) is 12.7. The van der Waals surface area contributed by atoms with Crippen LogP contribution in [0.25, 0.3) is 0 Å². The highest BCUT2D eigenvalue weighted by molar-refractivity contribution is 5.48. The number of benzene rings is 1. The number of aliphatic hydroxyl groups is 1. The summed E-state index contributed by atoms with van der Waals surface area (Å²) in [5, 5.41) is 22.5. The minimum atomic E-state index is -0.496. The van der Waals surface area contributed by atoms with Crippen LogP contribution in [0.15, 0.2) is 18.2 Å². The lowest BCUT2D eigenvalue weighted by atomic mass is 10.2. The Morgan fingerprint density at radius 1 is 1.53 bits per heavy atom. The zero-order valence-electron chi connectivity index (χ0n) is 9.68. The summed E-state index contributed by atoms with van der Waals surface area (Å²) in [5.74, 6) is 0.194. The van der Waals surface area contributed by atoms with Crippen LogP contribution in [0.4, 0.5) is 5.69 Å². The molecule has 0 radical (unpaired) electrons. The molecule has 2 N–H and O–H groups in total. The summed E-state index contributed by atoms with van der Waals surface area (Å²) in [5.41, 5.74) is 0.823. The Morgan fingerprint density at radius 2 is 2.29 bits per heavy atom. The van der Waals surface area contributed by atoms with Crippen LogP contribution >= 0.6 is 0 Å². The van der Waals surface area contributed by atoms with E-state index < -0.39 is 4.92 Å². The summed E-state index contributed by atoms with van der Waals surface area (Å²) in [6, 6.07) is 4.72. The first-order valence-electron chi connectivity index (χ1n) is 5.40. The Kier molecular flexibility index (Phi) is 5.38. The van der Waals surface area contributed by atoms with E-state index in [1.807, 2.05) is 6.92 Å². The summed E-state index contributed by atoms with van der Waals surface area (Å²) in [7, 11) is 0. The fourth-order valence-electron chi connectivity index (χ4n) is 1.36. The maximum Gasteiger partial charge on any atom is 0.310 e. The van der Waals surface area contributed by atoms with Crippen LogP contribution in [-0.2, 0) is 6.54 Å². The number of hydrogen-bond donors (Lipinski definition) is 2. The Morgan fingerprint density at radius 3 is 2.88 bits per heavy atom. The molecule has 0 amide bonds. The average molecular weight is 240 g/mol. The van der Waals surface area contributed by atoms with Crippen molar-refractivity contribution in [1.29, 1.82) is 0 Å². The number of nitro groups is 1. The fraction of sp³-hybridized carbons (Fsp3) is 0.455. The van der Waals surface area contributed by atoms with Crippen LogP contribution in [0.2, 0.25) is 0 Å². The minimum Gasteiger partial charge on any atom is -0.484 e. The van der Waals surface area contributed by atoms with Crippen LogP contribution < -0.4 is 10.1 Å². The van der Waals surface area contributed by atoms with Gasteiger partial charge in [-0.1, -0.05) is 13.0 Å². The minimum absolute atomic E-state index is 0.0471. The third kappa shape index (κ3) is 4.01. The van der Waals surface area contributed by atoms with Crippen LogP contribution in [0, 0.1) is 10.1 Å². The monoisotopic (exact) mass is 240 g/mol. The van der Waals surface area contributed by atoms with Crippen LogP contribution in [0.5, 0.6) is 5.75 Å². The molecular weight excluding hydrogens is 224 g/mol. The van der Waals surface area contributed by atoms with E-state index in [-0.39, 0.29) is 24.7 Å². The van der Waals surface area contributed by atoms with Gasteiger partial charge in [0.15, 0.2) is 5.75 Å². The number of nitro benzene ring substituents is 1. The lowest BCUT2D eigenvalue weighted by Crippen LogP contribution is -2.12.